The highest BCUT2D eigenvalue weighted by Crippen LogP contribution is 2.46. The molecule has 2 aromatic rings. The van der Waals surface area contributed by atoms with E-state index in [1.165, 1.54) is 12.1 Å². The number of aromatic nitrogens is 3. The zero-order valence-electron chi connectivity index (χ0n) is 9.30. The van der Waals surface area contributed by atoms with Crippen molar-refractivity contribution in [3.05, 3.63) is 35.9 Å². The van der Waals surface area contributed by atoms with Gasteiger partial charge in [-0.25, -0.2) is 9.37 Å². The van der Waals surface area contributed by atoms with Gasteiger partial charge in [-0.1, -0.05) is 0 Å². The van der Waals surface area contributed by atoms with Gasteiger partial charge in [-0.15, -0.1) is 0 Å². The largest absolute Gasteiger partial charge is 0.481 e. The predicted octanol–water partition coefficient (Wildman–Crippen LogP) is 1.80. The number of hydrogen-bond donors (Lipinski definition) is 2. The molecule has 1 aliphatic carbocycles. The molecule has 0 saturated heterocycles. The normalized spacial score (nSPS) is 21.8. The molecule has 2 N–H and O–H groups in total. The number of aliphatic carboxylic acids is 1. The average Bonchev–Trinajstić information content (AvgIpc) is 3.02. The molecule has 0 radical (unpaired) electrons. The van der Waals surface area contributed by atoms with Gasteiger partial charge in [0.05, 0.1) is 5.92 Å². The zero-order valence-corrected chi connectivity index (χ0v) is 9.30. The topological polar surface area (TPSA) is 78.9 Å². The van der Waals surface area contributed by atoms with Crippen LogP contribution in [-0.4, -0.2) is 26.3 Å². The second-order valence-corrected chi connectivity index (χ2v) is 4.34. The lowest BCUT2D eigenvalue weighted by Crippen LogP contribution is -1.99. The van der Waals surface area contributed by atoms with Gasteiger partial charge in [-0.2, -0.15) is 5.10 Å². The Hall–Kier alpha value is -2.24. The maximum atomic E-state index is 12.8. The van der Waals surface area contributed by atoms with Crippen molar-refractivity contribution < 1.29 is 14.3 Å². The zero-order chi connectivity index (χ0) is 12.7. The van der Waals surface area contributed by atoms with Crippen LogP contribution in [0.25, 0.3) is 11.4 Å². The van der Waals surface area contributed by atoms with Gasteiger partial charge in [0.15, 0.2) is 5.82 Å². The Morgan fingerprint density at radius 1 is 1.39 bits per heavy atom. The Bertz CT molecular complexity index is 594. The predicted molar refractivity (Wildman–Crippen MR) is 60.3 cm³/mol. The molecule has 92 valence electrons. The number of halogens is 1. The first-order valence-corrected chi connectivity index (χ1v) is 5.56. The van der Waals surface area contributed by atoms with Crippen LogP contribution in [0.1, 0.15) is 18.2 Å². The molecule has 1 aromatic heterocycles. The summed E-state index contributed by atoms with van der Waals surface area (Å²) in [6, 6.07) is 5.85. The number of benzene rings is 1. The summed E-state index contributed by atoms with van der Waals surface area (Å²) in [5, 5.41) is 15.6. The van der Waals surface area contributed by atoms with Crippen LogP contribution < -0.4 is 0 Å². The van der Waals surface area contributed by atoms with E-state index < -0.39 is 5.97 Å². The van der Waals surface area contributed by atoms with Gasteiger partial charge in [0.1, 0.15) is 11.6 Å². The van der Waals surface area contributed by atoms with Crippen LogP contribution in [0.2, 0.25) is 0 Å². The molecule has 1 aromatic carbocycles. The smallest absolute Gasteiger partial charge is 0.307 e. The molecule has 1 fully saturated rings. The summed E-state index contributed by atoms with van der Waals surface area (Å²) in [5.41, 5.74) is 0.700. The highest BCUT2D eigenvalue weighted by atomic mass is 19.1. The van der Waals surface area contributed by atoms with E-state index in [1.54, 1.807) is 12.1 Å². The average molecular weight is 247 g/mol. The van der Waals surface area contributed by atoms with Crippen molar-refractivity contribution in [2.75, 3.05) is 0 Å². The Balaban J connectivity index is 1.82. The molecule has 0 aliphatic heterocycles. The van der Waals surface area contributed by atoms with Crippen molar-refractivity contribution in [1.29, 1.82) is 0 Å². The van der Waals surface area contributed by atoms with E-state index in [0.717, 1.165) is 0 Å². The number of H-pyrrole nitrogens is 1. The first-order chi connectivity index (χ1) is 8.65. The Kier molecular flexibility index (Phi) is 2.36. The summed E-state index contributed by atoms with van der Waals surface area (Å²) in [7, 11) is 0. The molecule has 1 aliphatic rings. The van der Waals surface area contributed by atoms with Crippen LogP contribution in [-0.2, 0) is 4.79 Å². The summed E-state index contributed by atoms with van der Waals surface area (Å²) < 4.78 is 12.8. The van der Waals surface area contributed by atoms with E-state index >= 15 is 0 Å². The van der Waals surface area contributed by atoms with Crippen LogP contribution in [0.5, 0.6) is 0 Å². The second-order valence-electron chi connectivity index (χ2n) is 4.34. The highest BCUT2D eigenvalue weighted by Gasteiger charge is 2.46. The van der Waals surface area contributed by atoms with Crippen molar-refractivity contribution >= 4 is 5.97 Å². The van der Waals surface area contributed by atoms with E-state index in [9.17, 15) is 9.18 Å². The lowest BCUT2D eigenvalue weighted by molar-refractivity contribution is -0.138. The number of nitrogens with one attached hydrogen (secondary N) is 1. The lowest BCUT2D eigenvalue weighted by Gasteiger charge is -1.93. The summed E-state index contributed by atoms with van der Waals surface area (Å²) in [6.07, 6.45) is 0.591. The minimum Gasteiger partial charge on any atom is -0.481 e. The number of nitrogens with zero attached hydrogens (tertiary/aromatic N) is 2. The minimum absolute atomic E-state index is 0.0794. The van der Waals surface area contributed by atoms with E-state index in [0.29, 0.717) is 23.6 Å². The van der Waals surface area contributed by atoms with Crippen LogP contribution in [0.4, 0.5) is 4.39 Å². The highest BCUT2D eigenvalue weighted by molar-refractivity contribution is 5.74. The van der Waals surface area contributed by atoms with Gasteiger partial charge in [0.25, 0.3) is 0 Å². The lowest BCUT2D eigenvalue weighted by atomic mass is 10.2. The fraction of sp³-hybridized carbons (Fsp3) is 0.250. The number of hydrogen-bond acceptors (Lipinski definition) is 3. The van der Waals surface area contributed by atoms with E-state index in [2.05, 4.69) is 15.2 Å². The minimum atomic E-state index is -0.806. The third kappa shape index (κ3) is 1.85. The molecule has 0 amide bonds. The monoisotopic (exact) mass is 247 g/mol. The first-order valence-electron chi connectivity index (χ1n) is 5.56. The second kappa shape index (κ2) is 3.90. The Morgan fingerprint density at radius 3 is 2.72 bits per heavy atom. The maximum Gasteiger partial charge on any atom is 0.307 e. The molecular formula is C12H10FN3O2. The molecule has 6 heteroatoms. The summed E-state index contributed by atoms with van der Waals surface area (Å²) in [6.45, 7) is 0. The van der Waals surface area contributed by atoms with Crippen molar-refractivity contribution in [1.82, 2.24) is 15.2 Å². The molecule has 1 heterocycles. The Labute approximate surface area is 102 Å². The summed E-state index contributed by atoms with van der Waals surface area (Å²) in [5.74, 6) is -0.520. The van der Waals surface area contributed by atoms with Gasteiger partial charge < -0.3 is 5.11 Å². The van der Waals surface area contributed by atoms with Crippen molar-refractivity contribution in [3.63, 3.8) is 0 Å². The third-order valence-corrected chi connectivity index (χ3v) is 3.06. The van der Waals surface area contributed by atoms with Crippen molar-refractivity contribution in [2.45, 2.75) is 12.3 Å². The first kappa shape index (κ1) is 10.9. The van der Waals surface area contributed by atoms with Crippen LogP contribution in [0, 0.1) is 11.7 Å². The fourth-order valence-electron chi connectivity index (χ4n) is 1.94. The molecule has 0 bridgehead atoms. The fourth-order valence-corrected chi connectivity index (χ4v) is 1.94. The van der Waals surface area contributed by atoms with Gasteiger partial charge in [-0.3, -0.25) is 9.89 Å². The van der Waals surface area contributed by atoms with Gasteiger partial charge >= 0.3 is 5.97 Å². The number of aromatic amines is 1. The number of carboxylic acids is 1. The molecule has 5 nitrogen and oxygen atoms in total. The standard InChI is InChI=1S/C12H10FN3O2/c13-7-3-1-6(2-4-7)10-14-11(16-15-10)8-5-9(8)12(17)18/h1-4,8-9H,5H2,(H,17,18)(H,14,15,16)/t8-,9-/m1/s1. The van der Waals surface area contributed by atoms with Crippen LogP contribution in [0.15, 0.2) is 24.3 Å². The molecule has 0 unspecified atom stereocenters. The third-order valence-electron chi connectivity index (χ3n) is 3.06. The Morgan fingerprint density at radius 2 is 2.11 bits per heavy atom. The van der Waals surface area contributed by atoms with Gasteiger partial charge in [0, 0.05) is 11.5 Å². The SMILES string of the molecule is O=C(O)[C@@H]1C[C@H]1c1nc(-c2ccc(F)cc2)n[nH]1. The van der Waals surface area contributed by atoms with Gasteiger partial charge in [0.2, 0.25) is 0 Å². The maximum absolute atomic E-state index is 12.8. The van der Waals surface area contributed by atoms with E-state index in [4.69, 9.17) is 5.11 Å². The van der Waals surface area contributed by atoms with Crippen LogP contribution >= 0.6 is 0 Å². The van der Waals surface area contributed by atoms with Crippen molar-refractivity contribution in [3.8, 4) is 11.4 Å². The summed E-state index contributed by atoms with van der Waals surface area (Å²) >= 11 is 0. The summed E-state index contributed by atoms with van der Waals surface area (Å²) in [4.78, 5) is 15.0. The molecule has 1 saturated carbocycles. The molecular weight excluding hydrogens is 237 g/mol. The number of carbonyl (C=O) groups is 1. The number of rotatable bonds is 3. The van der Waals surface area contributed by atoms with E-state index in [-0.39, 0.29) is 17.7 Å². The molecule has 3 rings (SSSR count). The van der Waals surface area contributed by atoms with Crippen LogP contribution in [0.3, 0.4) is 0 Å². The molecule has 18 heavy (non-hydrogen) atoms. The molecule has 0 spiro atoms. The van der Waals surface area contributed by atoms with Crippen molar-refractivity contribution in [2.24, 2.45) is 5.92 Å². The van der Waals surface area contributed by atoms with E-state index in [1.807, 2.05) is 0 Å². The molecule has 2 atom stereocenters. The quantitative estimate of drug-likeness (QED) is 0.866. The number of carboxylic acid groups (broad SMARTS) is 1. The van der Waals surface area contributed by atoms with Gasteiger partial charge in [-0.05, 0) is 30.7 Å².